The average Bonchev–Trinajstić information content (AvgIpc) is 2.64. The van der Waals surface area contributed by atoms with Crippen LogP contribution < -0.4 is 16.8 Å². The summed E-state index contributed by atoms with van der Waals surface area (Å²) in [5.41, 5.74) is 12.4. The van der Waals surface area contributed by atoms with Gasteiger partial charge < -0.3 is 16.8 Å². The zero-order chi connectivity index (χ0) is 12.4. The second kappa shape index (κ2) is 4.94. The fraction of sp³-hybridized carbons (Fsp3) is 0.417. The Kier molecular flexibility index (Phi) is 3.54. The molecular weight excluding hydrogens is 238 g/mol. The maximum atomic E-state index is 11.3. The zero-order valence-corrected chi connectivity index (χ0v) is 10.2. The van der Waals surface area contributed by atoms with Crippen molar-refractivity contribution in [3.8, 4) is 0 Å². The summed E-state index contributed by atoms with van der Waals surface area (Å²) in [5.74, 6) is -0.462. The SMILES string of the molecule is NC(=O)c1ccc(Cl)cc1NC1CCCC1N. The highest BCUT2D eigenvalue weighted by Gasteiger charge is 2.24. The maximum absolute atomic E-state index is 11.3. The first-order valence-electron chi connectivity index (χ1n) is 5.69. The van der Waals surface area contributed by atoms with E-state index in [1.165, 1.54) is 0 Å². The smallest absolute Gasteiger partial charge is 0.250 e. The molecule has 0 bridgehead atoms. The van der Waals surface area contributed by atoms with Crippen LogP contribution in [0.5, 0.6) is 0 Å². The molecule has 2 rings (SSSR count). The van der Waals surface area contributed by atoms with Gasteiger partial charge in [-0.25, -0.2) is 0 Å². The summed E-state index contributed by atoms with van der Waals surface area (Å²) in [6.07, 6.45) is 3.11. The molecule has 1 aromatic carbocycles. The molecule has 0 aromatic heterocycles. The number of halogens is 1. The lowest BCUT2D eigenvalue weighted by atomic mass is 10.1. The van der Waals surface area contributed by atoms with Crippen molar-refractivity contribution in [2.24, 2.45) is 11.5 Å². The highest BCUT2D eigenvalue weighted by atomic mass is 35.5. The van der Waals surface area contributed by atoms with Gasteiger partial charge in [0.15, 0.2) is 0 Å². The van der Waals surface area contributed by atoms with E-state index in [2.05, 4.69) is 5.32 Å². The van der Waals surface area contributed by atoms with E-state index in [0.717, 1.165) is 19.3 Å². The third-order valence-electron chi connectivity index (χ3n) is 3.16. The minimum atomic E-state index is -0.462. The highest BCUT2D eigenvalue weighted by molar-refractivity contribution is 6.31. The molecule has 0 radical (unpaired) electrons. The number of rotatable bonds is 3. The van der Waals surface area contributed by atoms with E-state index in [4.69, 9.17) is 23.1 Å². The van der Waals surface area contributed by atoms with Crippen LogP contribution in [0.15, 0.2) is 18.2 Å². The number of nitrogens with two attached hydrogens (primary N) is 2. The molecule has 92 valence electrons. The molecule has 1 amide bonds. The molecule has 1 aliphatic rings. The monoisotopic (exact) mass is 253 g/mol. The molecule has 0 spiro atoms. The molecule has 17 heavy (non-hydrogen) atoms. The predicted molar refractivity (Wildman–Crippen MR) is 69.2 cm³/mol. The standard InChI is InChI=1S/C12H16ClN3O/c13-7-4-5-8(12(15)17)11(6-7)16-10-3-1-2-9(10)14/h4-6,9-10,16H,1-3,14H2,(H2,15,17). The molecule has 5 heteroatoms. The van der Waals surface area contributed by atoms with Crippen LogP contribution in [0.2, 0.25) is 5.02 Å². The predicted octanol–water partition coefficient (Wildman–Crippen LogP) is 1.73. The average molecular weight is 254 g/mol. The van der Waals surface area contributed by atoms with Gasteiger partial charge in [0.2, 0.25) is 0 Å². The molecular formula is C12H16ClN3O. The van der Waals surface area contributed by atoms with Gasteiger partial charge in [0.1, 0.15) is 0 Å². The summed E-state index contributed by atoms with van der Waals surface area (Å²) in [5, 5.41) is 3.84. The summed E-state index contributed by atoms with van der Waals surface area (Å²) >= 11 is 5.92. The van der Waals surface area contributed by atoms with Crippen molar-refractivity contribution >= 4 is 23.2 Å². The van der Waals surface area contributed by atoms with Crippen molar-refractivity contribution in [2.75, 3.05) is 5.32 Å². The molecule has 0 aliphatic heterocycles. The molecule has 0 heterocycles. The van der Waals surface area contributed by atoms with E-state index in [1.54, 1.807) is 18.2 Å². The van der Waals surface area contributed by atoms with Crippen LogP contribution in [-0.4, -0.2) is 18.0 Å². The number of nitrogens with one attached hydrogen (secondary N) is 1. The van der Waals surface area contributed by atoms with Crippen molar-refractivity contribution in [2.45, 2.75) is 31.3 Å². The van der Waals surface area contributed by atoms with Crippen LogP contribution in [0, 0.1) is 0 Å². The summed E-state index contributed by atoms with van der Waals surface area (Å²) in [6, 6.07) is 5.31. The number of amides is 1. The number of primary amides is 1. The number of hydrogen-bond donors (Lipinski definition) is 3. The molecule has 1 aromatic rings. The lowest BCUT2D eigenvalue weighted by molar-refractivity contribution is 0.100. The van der Waals surface area contributed by atoms with Crippen LogP contribution in [0.1, 0.15) is 29.6 Å². The van der Waals surface area contributed by atoms with Gasteiger partial charge in [-0.1, -0.05) is 11.6 Å². The first-order valence-corrected chi connectivity index (χ1v) is 6.07. The normalized spacial score (nSPS) is 23.6. The van der Waals surface area contributed by atoms with Gasteiger partial charge in [-0.05, 0) is 37.5 Å². The molecule has 2 unspecified atom stereocenters. The van der Waals surface area contributed by atoms with Gasteiger partial charge in [-0.2, -0.15) is 0 Å². The summed E-state index contributed by atoms with van der Waals surface area (Å²) < 4.78 is 0. The third-order valence-corrected chi connectivity index (χ3v) is 3.39. The molecule has 4 nitrogen and oxygen atoms in total. The van der Waals surface area contributed by atoms with Crippen LogP contribution >= 0.6 is 11.6 Å². The van der Waals surface area contributed by atoms with E-state index in [-0.39, 0.29) is 12.1 Å². The zero-order valence-electron chi connectivity index (χ0n) is 9.45. The lowest BCUT2D eigenvalue weighted by Gasteiger charge is -2.20. The van der Waals surface area contributed by atoms with E-state index >= 15 is 0 Å². The Bertz CT molecular complexity index is 436. The van der Waals surface area contributed by atoms with E-state index in [1.807, 2.05) is 0 Å². The molecule has 1 fully saturated rings. The number of carbonyl (C=O) groups excluding carboxylic acids is 1. The van der Waals surface area contributed by atoms with Crippen molar-refractivity contribution < 1.29 is 4.79 Å². The quantitative estimate of drug-likeness (QED) is 0.767. The van der Waals surface area contributed by atoms with Crippen molar-refractivity contribution in [3.63, 3.8) is 0 Å². The largest absolute Gasteiger partial charge is 0.380 e. The molecule has 5 N–H and O–H groups in total. The molecule has 1 aliphatic carbocycles. The molecule has 0 saturated heterocycles. The fourth-order valence-corrected chi connectivity index (χ4v) is 2.39. The van der Waals surface area contributed by atoms with E-state index in [9.17, 15) is 4.79 Å². The van der Waals surface area contributed by atoms with Crippen LogP contribution in [0.4, 0.5) is 5.69 Å². The van der Waals surface area contributed by atoms with Crippen molar-refractivity contribution in [1.82, 2.24) is 0 Å². The Labute approximate surface area is 105 Å². The van der Waals surface area contributed by atoms with Crippen LogP contribution in [-0.2, 0) is 0 Å². The second-order valence-corrected chi connectivity index (χ2v) is 4.84. The Hall–Kier alpha value is -1.26. The number of anilines is 1. The van der Waals surface area contributed by atoms with E-state index < -0.39 is 5.91 Å². The molecule has 2 atom stereocenters. The lowest BCUT2D eigenvalue weighted by Crippen LogP contribution is -2.35. The second-order valence-electron chi connectivity index (χ2n) is 4.40. The molecule has 1 saturated carbocycles. The fourth-order valence-electron chi connectivity index (χ4n) is 2.22. The first kappa shape index (κ1) is 12.2. The Balaban J connectivity index is 2.24. The topological polar surface area (TPSA) is 81.1 Å². The summed E-state index contributed by atoms with van der Waals surface area (Å²) in [7, 11) is 0. The van der Waals surface area contributed by atoms with Crippen LogP contribution in [0.25, 0.3) is 0 Å². The van der Waals surface area contributed by atoms with Gasteiger partial charge in [0.25, 0.3) is 5.91 Å². The van der Waals surface area contributed by atoms with Gasteiger partial charge in [-0.15, -0.1) is 0 Å². The first-order chi connectivity index (χ1) is 8.08. The Morgan fingerprint density at radius 3 is 2.76 bits per heavy atom. The highest BCUT2D eigenvalue weighted by Crippen LogP contribution is 2.26. The number of benzene rings is 1. The number of carbonyl (C=O) groups is 1. The summed E-state index contributed by atoms with van der Waals surface area (Å²) in [4.78, 5) is 11.3. The van der Waals surface area contributed by atoms with Gasteiger partial charge in [0.05, 0.1) is 5.56 Å². The number of hydrogen-bond acceptors (Lipinski definition) is 3. The van der Waals surface area contributed by atoms with Crippen molar-refractivity contribution in [1.29, 1.82) is 0 Å². The van der Waals surface area contributed by atoms with Gasteiger partial charge >= 0.3 is 0 Å². The van der Waals surface area contributed by atoms with Crippen LogP contribution in [0.3, 0.4) is 0 Å². The summed E-state index contributed by atoms with van der Waals surface area (Å²) in [6.45, 7) is 0. The van der Waals surface area contributed by atoms with Crippen molar-refractivity contribution in [3.05, 3.63) is 28.8 Å². The Morgan fingerprint density at radius 2 is 2.18 bits per heavy atom. The minimum absolute atomic E-state index is 0.120. The minimum Gasteiger partial charge on any atom is -0.380 e. The van der Waals surface area contributed by atoms with Gasteiger partial charge in [0, 0.05) is 22.8 Å². The third kappa shape index (κ3) is 2.70. The van der Waals surface area contributed by atoms with E-state index in [0.29, 0.717) is 16.3 Å². The Morgan fingerprint density at radius 1 is 1.41 bits per heavy atom. The van der Waals surface area contributed by atoms with Gasteiger partial charge in [-0.3, -0.25) is 4.79 Å². The maximum Gasteiger partial charge on any atom is 0.250 e.